The van der Waals surface area contributed by atoms with Crippen LogP contribution in [0.1, 0.15) is 15.9 Å². The van der Waals surface area contributed by atoms with Crippen molar-refractivity contribution < 1.29 is 9.53 Å². The molecule has 1 atom stereocenters. The van der Waals surface area contributed by atoms with Gasteiger partial charge in [-0.2, -0.15) is 5.26 Å². The van der Waals surface area contributed by atoms with Crippen molar-refractivity contribution in [1.29, 1.82) is 5.26 Å². The van der Waals surface area contributed by atoms with E-state index in [0.717, 1.165) is 17.5 Å². The van der Waals surface area contributed by atoms with E-state index in [1.165, 1.54) is 0 Å². The first-order chi connectivity index (χ1) is 8.24. The number of nitriles is 1. The highest BCUT2D eigenvalue weighted by Gasteiger charge is 2.21. The number of anilines is 1. The second-order valence-electron chi connectivity index (χ2n) is 4.11. The number of carbonyl (C=O) groups excluding carboxylic acids is 1. The molecule has 0 spiro atoms. The lowest BCUT2D eigenvalue weighted by Gasteiger charge is -2.32. The molecule has 0 aliphatic carbocycles. The summed E-state index contributed by atoms with van der Waals surface area (Å²) >= 11 is 0. The quantitative estimate of drug-likeness (QED) is 0.723. The van der Waals surface area contributed by atoms with Crippen molar-refractivity contribution in [3.63, 3.8) is 0 Å². The van der Waals surface area contributed by atoms with Crippen LogP contribution in [0.2, 0.25) is 0 Å². The normalized spacial score (nSPS) is 19.8. The maximum Gasteiger partial charge on any atom is 0.161 e. The Labute approximate surface area is 100 Å². The molecule has 2 rings (SSSR count). The molecule has 1 aromatic carbocycles. The molecule has 0 aromatic heterocycles. The zero-order chi connectivity index (χ0) is 12.3. The number of hydrogen-bond donors (Lipinski definition) is 0. The average Bonchev–Trinajstić information content (AvgIpc) is 2.38. The largest absolute Gasteiger partial charge is 0.365 e. The molecule has 0 bridgehead atoms. The highest BCUT2D eigenvalue weighted by atomic mass is 16.5. The van der Waals surface area contributed by atoms with E-state index in [2.05, 4.69) is 6.07 Å². The summed E-state index contributed by atoms with van der Waals surface area (Å²) < 4.78 is 5.28. The maximum absolute atomic E-state index is 11.1. The van der Waals surface area contributed by atoms with Crippen molar-refractivity contribution in [2.24, 2.45) is 0 Å². The van der Waals surface area contributed by atoms with E-state index < -0.39 is 6.10 Å². The minimum Gasteiger partial charge on any atom is -0.365 e. The molecule has 1 heterocycles. The van der Waals surface area contributed by atoms with Gasteiger partial charge in [-0.1, -0.05) is 11.6 Å². The molecular formula is C13H14N2O2. The summed E-state index contributed by atoms with van der Waals surface area (Å²) in [5.74, 6) is 0. The predicted octanol–water partition coefficient (Wildman–Crippen LogP) is 1.54. The minimum absolute atomic E-state index is 0.412. The minimum atomic E-state index is -0.412. The number of aldehydes is 1. The van der Waals surface area contributed by atoms with Gasteiger partial charge in [0.25, 0.3) is 0 Å². The number of morpholine rings is 1. The van der Waals surface area contributed by atoms with E-state index in [9.17, 15) is 4.79 Å². The van der Waals surface area contributed by atoms with E-state index in [1.807, 2.05) is 30.0 Å². The molecule has 88 valence electrons. The Hall–Kier alpha value is -1.86. The number of aryl methyl sites for hydroxylation is 1. The lowest BCUT2D eigenvalue weighted by molar-refractivity contribution is 0.0763. The SMILES string of the molecule is Cc1ccc(N2CCOC(C#N)C2)c(C=O)c1. The van der Waals surface area contributed by atoms with Crippen LogP contribution in [0.5, 0.6) is 0 Å². The van der Waals surface area contributed by atoms with Gasteiger partial charge in [-0.3, -0.25) is 4.79 Å². The van der Waals surface area contributed by atoms with E-state index in [-0.39, 0.29) is 0 Å². The Morgan fingerprint density at radius 1 is 1.59 bits per heavy atom. The maximum atomic E-state index is 11.1. The number of rotatable bonds is 2. The molecule has 1 aliphatic heterocycles. The van der Waals surface area contributed by atoms with Gasteiger partial charge in [-0.15, -0.1) is 0 Å². The summed E-state index contributed by atoms with van der Waals surface area (Å²) in [7, 11) is 0. The molecule has 1 unspecified atom stereocenters. The summed E-state index contributed by atoms with van der Waals surface area (Å²) in [6, 6.07) is 7.86. The van der Waals surface area contributed by atoms with Gasteiger partial charge in [0.1, 0.15) is 0 Å². The van der Waals surface area contributed by atoms with Gasteiger partial charge in [-0.25, -0.2) is 0 Å². The first-order valence-corrected chi connectivity index (χ1v) is 5.56. The lowest BCUT2D eigenvalue weighted by atomic mass is 10.1. The Kier molecular flexibility index (Phi) is 3.40. The molecule has 1 fully saturated rings. The summed E-state index contributed by atoms with van der Waals surface area (Å²) in [4.78, 5) is 13.1. The number of benzene rings is 1. The monoisotopic (exact) mass is 230 g/mol. The first kappa shape index (κ1) is 11.6. The smallest absolute Gasteiger partial charge is 0.161 e. The van der Waals surface area contributed by atoms with Crippen LogP contribution in [0.4, 0.5) is 5.69 Å². The number of hydrogen-bond acceptors (Lipinski definition) is 4. The molecule has 1 aromatic rings. The second kappa shape index (κ2) is 4.98. The molecule has 17 heavy (non-hydrogen) atoms. The van der Waals surface area contributed by atoms with Gasteiger partial charge in [0.05, 0.1) is 19.2 Å². The van der Waals surface area contributed by atoms with Gasteiger partial charge in [-0.05, 0) is 19.1 Å². The summed E-state index contributed by atoms with van der Waals surface area (Å²) in [5, 5.41) is 8.86. The third-order valence-corrected chi connectivity index (χ3v) is 2.86. The predicted molar refractivity (Wildman–Crippen MR) is 64.1 cm³/mol. The zero-order valence-electron chi connectivity index (χ0n) is 9.72. The number of ether oxygens (including phenoxy) is 1. The third kappa shape index (κ3) is 2.45. The lowest BCUT2D eigenvalue weighted by Crippen LogP contribution is -2.42. The molecule has 0 amide bonds. The molecular weight excluding hydrogens is 216 g/mol. The van der Waals surface area contributed by atoms with Crippen molar-refractivity contribution in [1.82, 2.24) is 0 Å². The summed E-state index contributed by atoms with van der Waals surface area (Å²) in [6.07, 6.45) is 0.448. The molecule has 1 saturated heterocycles. The zero-order valence-corrected chi connectivity index (χ0v) is 9.72. The van der Waals surface area contributed by atoms with Crippen molar-refractivity contribution in [3.05, 3.63) is 29.3 Å². The van der Waals surface area contributed by atoms with Crippen LogP contribution in [-0.4, -0.2) is 32.1 Å². The van der Waals surface area contributed by atoms with E-state index in [0.29, 0.717) is 25.3 Å². The number of nitrogens with zero attached hydrogens (tertiary/aromatic N) is 2. The van der Waals surface area contributed by atoms with Gasteiger partial charge in [0.15, 0.2) is 12.4 Å². The topological polar surface area (TPSA) is 53.3 Å². The van der Waals surface area contributed by atoms with Crippen molar-refractivity contribution in [2.75, 3.05) is 24.6 Å². The second-order valence-corrected chi connectivity index (χ2v) is 4.11. The summed E-state index contributed by atoms with van der Waals surface area (Å²) in [5.41, 5.74) is 2.61. The molecule has 0 radical (unpaired) electrons. The fourth-order valence-corrected chi connectivity index (χ4v) is 2.00. The summed E-state index contributed by atoms with van der Waals surface area (Å²) in [6.45, 7) is 3.70. The first-order valence-electron chi connectivity index (χ1n) is 5.56. The van der Waals surface area contributed by atoms with E-state index in [1.54, 1.807) is 0 Å². The Balaban J connectivity index is 2.27. The van der Waals surface area contributed by atoms with Crippen LogP contribution in [0.15, 0.2) is 18.2 Å². The average molecular weight is 230 g/mol. The van der Waals surface area contributed by atoms with Crippen LogP contribution in [0, 0.1) is 18.3 Å². The van der Waals surface area contributed by atoms with Crippen molar-refractivity contribution in [2.45, 2.75) is 13.0 Å². The highest BCUT2D eigenvalue weighted by Crippen LogP contribution is 2.22. The van der Waals surface area contributed by atoms with Gasteiger partial charge >= 0.3 is 0 Å². The molecule has 0 saturated carbocycles. The van der Waals surface area contributed by atoms with Crippen LogP contribution < -0.4 is 4.90 Å². The molecule has 1 aliphatic rings. The molecule has 4 nitrogen and oxygen atoms in total. The van der Waals surface area contributed by atoms with Crippen molar-refractivity contribution in [3.8, 4) is 6.07 Å². The van der Waals surface area contributed by atoms with Crippen molar-refractivity contribution >= 4 is 12.0 Å². The standard InChI is InChI=1S/C13H14N2O2/c1-10-2-3-13(11(6-10)9-16)15-4-5-17-12(7-14)8-15/h2-3,6,9,12H,4-5,8H2,1H3. The third-order valence-electron chi connectivity index (χ3n) is 2.86. The van der Waals surface area contributed by atoms with E-state index >= 15 is 0 Å². The van der Waals surface area contributed by atoms with Crippen LogP contribution >= 0.6 is 0 Å². The van der Waals surface area contributed by atoms with Gasteiger partial charge < -0.3 is 9.64 Å². The van der Waals surface area contributed by atoms with Crippen LogP contribution in [0.25, 0.3) is 0 Å². The Morgan fingerprint density at radius 3 is 3.12 bits per heavy atom. The number of carbonyl (C=O) groups is 1. The fraction of sp³-hybridized carbons (Fsp3) is 0.385. The van der Waals surface area contributed by atoms with E-state index in [4.69, 9.17) is 10.00 Å². The van der Waals surface area contributed by atoms with Crippen LogP contribution in [-0.2, 0) is 4.74 Å². The molecule has 4 heteroatoms. The highest BCUT2D eigenvalue weighted by molar-refractivity contribution is 5.85. The molecule has 0 N–H and O–H groups in total. The Morgan fingerprint density at radius 2 is 2.41 bits per heavy atom. The van der Waals surface area contributed by atoms with Crippen LogP contribution in [0.3, 0.4) is 0 Å². The Bertz CT molecular complexity index is 465. The van der Waals surface area contributed by atoms with Gasteiger partial charge in [0, 0.05) is 17.8 Å². The fourth-order valence-electron chi connectivity index (χ4n) is 2.00. The van der Waals surface area contributed by atoms with Gasteiger partial charge in [0.2, 0.25) is 0 Å².